The summed E-state index contributed by atoms with van der Waals surface area (Å²) >= 11 is 0. The molecule has 0 radical (unpaired) electrons. The Labute approximate surface area is 163 Å². The molecule has 0 aliphatic carbocycles. The third-order valence-electron chi connectivity index (χ3n) is 4.58. The zero-order chi connectivity index (χ0) is 20.6. The Kier molecular flexibility index (Phi) is 4.70. The summed E-state index contributed by atoms with van der Waals surface area (Å²) in [6, 6.07) is 11.7. The van der Waals surface area contributed by atoms with Gasteiger partial charge in [0.15, 0.2) is 0 Å². The summed E-state index contributed by atoms with van der Waals surface area (Å²) in [5, 5.41) is 4.37. The van der Waals surface area contributed by atoms with E-state index in [4.69, 9.17) is 4.52 Å². The van der Waals surface area contributed by atoms with Gasteiger partial charge < -0.3 is 9.09 Å². The van der Waals surface area contributed by atoms with Crippen molar-refractivity contribution >= 4 is 10.9 Å². The number of alkyl halides is 3. The minimum absolute atomic E-state index is 0.0282. The summed E-state index contributed by atoms with van der Waals surface area (Å²) < 4.78 is 45.4. The van der Waals surface area contributed by atoms with E-state index in [9.17, 15) is 18.0 Å². The molecule has 0 unspecified atom stereocenters. The normalized spacial score (nSPS) is 11.9. The van der Waals surface area contributed by atoms with Crippen molar-refractivity contribution in [1.29, 1.82) is 0 Å². The average Bonchev–Trinajstić information content (AvgIpc) is 3.20. The number of rotatable bonds is 4. The predicted octanol–water partition coefficient (Wildman–Crippen LogP) is 5.15. The minimum atomic E-state index is -4.42. The van der Waals surface area contributed by atoms with Crippen molar-refractivity contribution in [2.45, 2.75) is 26.1 Å². The topological polar surface area (TPSA) is 60.9 Å². The second-order valence-corrected chi connectivity index (χ2v) is 6.58. The maximum absolute atomic E-state index is 12.9. The van der Waals surface area contributed by atoms with Gasteiger partial charge in [-0.25, -0.2) is 0 Å². The van der Waals surface area contributed by atoms with E-state index in [1.54, 1.807) is 18.3 Å². The highest BCUT2D eigenvalue weighted by Gasteiger charge is 2.30. The summed E-state index contributed by atoms with van der Waals surface area (Å²) in [6.07, 6.45) is -1.87. The van der Waals surface area contributed by atoms with Crippen molar-refractivity contribution in [3.63, 3.8) is 0 Å². The molecule has 29 heavy (non-hydrogen) atoms. The first kappa shape index (κ1) is 18.9. The van der Waals surface area contributed by atoms with Crippen LogP contribution in [0.4, 0.5) is 13.2 Å². The monoisotopic (exact) mass is 399 g/mol. The van der Waals surface area contributed by atoms with E-state index < -0.39 is 11.7 Å². The number of benzene rings is 2. The lowest BCUT2D eigenvalue weighted by Crippen LogP contribution is -2.12. The van der Waals surface area contributed by atoms with Gasteiger partial charge >= 0.3 is 6.18 Å². The van der Waals surface area contributed by atoms with Gasteiger partial charge in [0.2, 0.25) is 11.3 Å². The Morgan fingerprint density at radius 1 is 1.07 bits per heavy atom. The molecule has 5 nitrogen and oxygen atoms in total. The smallest absolute Gasteiger partial charge is 0.346 e. The van der Waals surface area contributed by atoms with Crippen molar-refractivity contribution in [2.75, 3.05) is 0 Å². The molecule has 0 aliphatic rings. The summed E-state index contributed by atoms with van der Waals surface area (Å²) in [5.41, 5.74) is 0.425. The first-order valence-corrected chi connectivity index (χ1v) is 9.02. The zero-order valence-corrected chi connectivity index (χ0v) is 15.4. The maximum Gasteiger partial charge on any atom is 0.416 e. The molecule has 2 heterocycles. The summed E-state index contributed by atoms with van der Waals surface area (Å²) in [7, 11) is 0. The summed E-state index contributed by atoms with van der Waals surface area (Å²) in [4.78, 5) is 17.2. The highest BCUT2D eigenvalue weighted by Crippen LogP contribution is 2.31. The van der Waals surface area contributed by atoms with Crippen LogP contribution < -0.4 is 5.43 Å². The van der Waals surface area contributed by atoms with Crippen molar-refractivity contribution in [1.82, 2.24) is 14.7 Å². The van der Waals surface area contributed by atoms with Crippen LogP contribution >= 0.6 is 0 Å². The van der Waals surface area contributed by atoms with E-state index in [0.717, 1.165) is 24.1 Å². The molecule has 0 bridgehead atoms. The van der Waals surface area contributed by atoms with Crippen LogP contribution in [0, 0.1) is 0 Å². The highest BCUT2D eigenvalue weighted by molar-refractivity contribution is 5.82. The number of pyridine rings is 1. The van der Waals surface area contributed by atoms with E-state index in [0.29, 0.717) is 17.5 Å². The Hall–Kier alpha value is -3.42. The third-order valence-corrected chi connectivity index (χ3v) is 4.58. The number of hydrogen-bond acceptors (Lipinski definition) is 4. The number of aryl methyl sites for hydroxylation is 1. The molecule has 0 spiro atoms. The van der Waals surface area contributed by atoms with Crippen molar-refractivity contribution < 1.29 is 17.7 Å². The minimum Gasteiger partial charge on any atom is -0.346 e. The molecule has 0 atom stereocenters. The maximum atomic E-state index is 12.9. The van der Waals surface area contributed by atoms with Gasteiger partial charge in [-0.1, -0.05) is 36.3 Å². The van der Waals surface area contributed by atoms with Crippen LogP contribution in [0.15, 0.2) is 64.0 Å². The van der Waals surface area contributed by atoms with Crippen molar-refractivity contribution in [2.24, 2.45) is 0 Å². The molecule has 0 saturated carbocycles. The fourth-order valence-electron chi connectivity index (χ4n) is 3.18. The number of hydrogen-bond donors (Lipinski definition) is 0. The van der Waals surface area contributed by atoms with E-state index in [-0.39, 0.29) is 22.7 Å². The number of fused-ring (bicyclic) bond motifs is 1. The van der Waals surface area contributed by atoms with Gasteiger partial charge in [-0.3, -0.25) is 4.79 Å². The quantitative estimate of drug-likeness (QED) is 0.476. The van der Waals surface area contributed by atoms with Gasteiger partial charge in [0, 0.05) is 23.7 Å². The van der Waals surface area contributed by atoms with E-state index in [2.05, 4.69) is 10.1 Å². The fourth-order valence-corrected chi connectivity index (χ4v) is 3.18. The number of halogens is 3. The van der Waals surface area contributed by atoms with Crippen LogP contribution in [0.2, 0.25) is 0 Å². The van der Waals surface area contributed by atoms with Crippen LogP contribution in [0.5, 0.6) is 0 Å². The van der Waals surface area contributed by atoms with Crippen molar-refractivity contribution in [3.05, 3.63) is 70.5 Å². The van der Waals surface area contributed by atoms with Gasteiger partial charge in [0.05, 0.1) is 11.1 Å². The highest BCUT2D eigenvalue weighted by atomic mass is 19.4. The van der Waals surface area contributed by atoms with Crippen LogP contribution in [0.1, 0.15) is 18.9 Å². The lowest BCUT2D eigenvalue weighted by Gasteiger charge is -2.11. The zero-order valence-electron chi connectivity index (χ0n) is 15.4. The first-order chi connectivity index (χ1) is 13.9. The number of para-hydroxylation sites is 1. The van der Waals surface area contributed by atoms with Crippen LogP contribution in [-0.4, -0.2) is 14.7 Å². The molecule has 0 saturated heterocycles. The fraction of sp³-hybridized carbons (Fsp3) is 0.190. The molecule has 148 valence electrons. The lowest BCUT2D eigenvalue weighted by molar-refractivity contribution is -0.137. The molecule has 8 heteroatoms. The standard InChI is InChI=1S/C21H16F3N3O2/c1-2-11-27-12-16(18(28)15-5-3-4-6-17(15)27)20-25-19(26-29-20)13-7-9-14(10-8-13)21(22,23)24/h3-10,12H,2,11H2,1H3. The number of aromatic nitrogens is 3. The SMILES string of the molecule is CCCn1cc(-c2nc(-c3ccc(C(F)(F)F)cc3)no2)c(=O)c2ccccc21. The molecule has 0 amide bonds. The van der Waals surface area contributed by atoms with E-state index >= 15 is 0 Å². The van der Waals surface area contributed by atoms with Gasteiger partial charge in [0.25, 0.3) is 5.89 Å². The molecular weight excluding hydrogens is 383 g/mol. The average molecular weight is 399 g/mol. The largest absolute Gasteiger partial charge is 0.416 e. The second kappa shape index (κ2) is 7.20. The van der Waals surface area contributed by atoms with Gasteiger partial charge in [-0.2, -0.15) is 18.2 Å². The summed E-state index contributed by atoms with van der Waals surface area (Å²) in [5.74, 6) is 0.142. The van der Waals surface area contributed by atoms with E-state index in [1.807, 2.05) is 23.6 Å². The Morgan fingerprint density at radius 2 is 1.79 bits per heavy atom. The van der Waals surface area contributed by atoms with Gasteiger partial charge in [0.1, 0.15) is 5.56 Å². The molecule has 0 N–H and O–H groups in total. The first-order valence-electron chi connectivity index (χ1n) is 9.02. The molecular formula is C21H16F3N3O2. The summed E-state index contributed by atoms with van der Waals surface area (Å²) in [6.45, 7) is 2.73. The van der Waals surface area contributed by atoms with Gasteiger partial charge in [-0.15, -0.1) is 0 Å². The predicted molar refractivity (Wildman–Crippen MR) is 102 cm³/mol. The Balaban J connectivity index is 1.77. The van der Waals surface area contributed by atoms with E-state index in [1.165, 1.54) is 12.1 Å². The number of nitrogens with zero attached hydrogens (tertiary/aromatic N) is 3. The van der Waals surface area contributed by atoms with Crippen LogP contribution in [0.25, 0.3) is 33.7 Å². The molecule has 0 fully saturated rings. The Morgan fingerprint density at radius 3 is 2.48 bits per heavy atom. The van der Waals surface area contributed by atoms with Crippen LogP contribution in [0.3, 0.4) is 0 Å². The third kappa shape index (κ3) is 3.53. The second-order valence-electron chi connectivity index (χ2n) is 6.58. The Bertz CT molecular complexity index is 1220. The lowest BCUT2D eigenvalue weighted by atomic mass is 10.1. The molecule has 2 aromatic carbocycles. The van der Waals surface area contributed by atoms with Crippen molar-refractivity contribution in [3.8, 4) is 22.8 Å². The molecule has 4 rings (SSSR count). The molecule has 0 aliphatic heterocycles. The van der Waals surface area contributed by atoms with Crippen LogP contribution in [-0.2, 0) is 12.7 Å². The molecule has 2 aromatic heterocycles. The van der Waals surface area contributed by atoms with Gasteiger partial charge in [-0.05, 0) is 30.7 Å². The molecule has 4 aromatic rings.